The maximum absolute atomic E-state index is 11.6. The average molecular weight is 312 g/mol. The molecular formula is C14H28N6O2. The number of allylic oxidation sites excluding steroid dienone is 1. The standard InChI is InChI=1S/C14H28N6O2/c1-7-10(8-2)16-13-12(20(21)22)11(9(3)4)17-14(18(5)6)19(13)15/h9-10,14,17H,7-8,15H2,1-6H3. The number of aliphatic imine (C=N–C) groups is 1. The lowest BCUT2D eigenvalue weighted by molar-refractivity contribution is -0.419. The van der Waals surface area contributed by atoms with Crippen LogP contribution in [0.2, 0.25) is 0 Å². The van der Waals surface area contributed by atoms with Gasteiger partial charge < -0.3 is 5.32 Å². The molecule has 0 saturated heterocycles. The maximum atomic E-state index is 11.6. The predicted octanol–water partition coefficient (Wildman–Crippen LogP) is 1.34. The summed E-state index contributed by atoms with van der Waals surface area (Å²) in [5.74, 6) is 6.36. The maximum Gasteiger partial charge on any atom is 0.331 e. The van der Waals surface area contributed by atoms with Crippen molar-refractivity contribution in [2.75, 3.05) is 14.1 Å². The monoisotopic (exact) mass is 312 g/mol. The normalized spacial score (nSPS) is 21.3. The van der Waals surface area contributed by atoms with Crippen molar-refractivity contribution >= 4 is 5.84 Å². The van der Waals surface area contributed by atoms with Gasteiger partial charge in [-0.3, -0.25) is 25.0 Å². The van der Waals surface area contributed by atoms with Crippen molar-refractivity contribution in [3.63, 3.8) is 0 Å². The van der Waals surface area contributed by atoms with Crippen LogP contribution in [0.5, 0.6) is 0 Å². The summed E-state index contributed by atoms with van der Waals surface area (Å²) in [5, 5.41) is 16.1. The Balaban J connectivity index is 3.48. The highest BCUT2D eigenvalue weighted by Crippen LogP contribution is 2.23. The SMILES string of the molecule is CCC(CC)N=C1C([N+](=O)[O-])=C(C(C)C)NC(N(C)C)N1N. The van der Waals surface area contributed by atoms with E-state index >= 15 is 0 Å². The third kappa shape index (κ3) is 3.75. The Morgan fingerprint density at radius 1 is 1.41 bits per heavy atom. The van der Waals surface area contributed by atoms with Gasteiger partial charge >= 0.3 is 5.70 Å². The summed E-state index contributed by atoms with van der Waals surface area (Å²) in [6, 6.07) is 0.0188. The smallest absolute Gasteiger partial charge is 0.331 e. The molecule has 22 heavy (non-hydrogen) atoms. The molecule has 1 unspecified atom stereocenters. The molecule has 1 atom stereocenters. The second-order valence-electron chi connectivity index (χ2n) is 5.99. The zero-order valence-electron chi connectivity index (χ0n) is 14.3. The Hall–Kier alpha value is -1.67. The Morgan fingerprint density at radius 3 is 2.32 bits per heavy atom. The Kier molecular flexibility index (Phi) is 6.31. The molecule has 1 aliphatic rings. The summed E-state index contributed by atoms with van der Waals surface area (Å²) < 4.78 is 0. The average Bonchev–Trinajstić information content (AvgIpc) is 2.44. The molecule has 0 aromatic heterocycles. The number of amidine groups is 1. The van der Waals surface area contributed by atoms with Gasteiger partial charge in [0.05, 0.1) is 16.7 Å². The molecule has 0 radical (unpaired) electrons. The summed E-state index contributed by atoms with van der Waals surface area (Å²) in [7, 11) is 3.72. The minimum absolute atomic E-state index is 0.0188. The van der Waals surface area contributed by atoms with E-state index in [-0.39, 0.29) is 29.8 Å². The zero-order valence-corrected chi connectivity index (χ0v) is 14.3. The number of hydrogen-bond acceptors (Lipinski definition) is 6. The van der Waals surface area contributed by atoms with Gasteiger partial charge in [-0.25, -0.2) is 5.84 Å². The van der Waals surface area contributed by atoms with E-state index in [0.29, 0.717) is 5.70 Å². The van der Waals surface area contributed by atoms with E-state index in [0.717, 1.165) is 12.8 Å². The summed E-state index contributed by atoms with van der Waals surface area (Å²) in [5.41, 5.74) is 0.539. The van der Waals surface area contributed by atoms with Crippen molar-refractivity contribution < 1.29 is 4.92 Å². The van der Waals surface area contributed by atoms with Crippen LogP contribution in [0.4, 0.5) is 0 Å². The van der Waals surface area contributed by atoms with Crippen molar-refractivity contribution in [2.24, 2.45) is 16.8 Å². The largest absolute Gasteiger partial charge is 0.349 e. The first kappa shape index (κ1) is 18.4. The number of hydrogen-bond donors (Lipinski definition) is 2. The molecule has 0 bridgehead atoms. The minimum atomic E-state index is -0.394. The van der Waals surface area contributed by atoms with E-state index in [1.165, 1.54) is 5.01 Å². The third-order valence-electron chi connectivity index (χ3n) is 3.76. The van der Waals surface area contributed by atoms with Gasteiger partial charge in [0.25, 0.3) is 0 Å². The van der Waals surface area contributed by atoms with Gasteiger partial charge in [0, 0.05) is 5.92 Å². The molecule has 0 amide bonds. The quantitative estimate of drug-likeness (QED) is 0.436. The minimum Gasteiger partial charge on any atom is -0.349 e. The second-order valence-corrected chi connectivity index (χ2v) is 5.99. The van der Waals surface area contributed by atoms with Crippen molar-refractivity contribution in [1.82, 2.24) is 15.2 Å². The van der Waals surface area contributed by atoms with Crippen molar-refractivity contribution in [3.05, 3.63) is 21.5 Å². The molecular weight excluding hydrogens is 284 g/mol. The van der Waals surface area contributed by atoms with Crippen molar-refractivity contribution in [3.8, 4) is 0 Å². The molecule has 1 rings (SSSR count). The summed E-state index contributed by atoms with van der Waals surface area (Å²) in [6.07, 6.45) is 1.26. The number of hydrazine groups is 1. The van der Waals surface area contributed by atoms with Crippen LogP contribution >= 0.6 is 0 Å². The molecule has 0 spiro atoms. The van der Waals surface area contributed by atoms with Crippen LogP contribution < -0.4 is 11.2 Å². The van der Waals surface area contributed by atoms with Gasteiger partial charge in [-0.2, -0.15) is 0 Å². The van der Waals surface area contributed by atoms with Gasteiger partial charge in [-0.05, 0) is 26.9 Å². The Bertz CT molecular complexity index is 468. The molecule has 0 fully saturated rings. The Labute approximate surface area is 132 Å². The van der Waals surface area contributed by atoms with E-state index in [1.807, 2.05) is 46.7 Å². The van der Waals surface area contributed by atoms with Gasteiger partial charge in [0.2, 0.25) is 5.84 Å². The molecule has 3 N–H and O–H groups in total. The van der Waals surface area contributed by atoms with Gasteiger partial charge in [0.1, 0.15) is 0 Å². The molecule has 126 valence electrons. The zero-order chi connectivity index (χ0) is 17.0. The first-order valence-electron chi connectivity index (χ1n) is 7.68. The summed E-state index contributed by atoms with van der Waals surface area (Å²) in [6.45, 7) is 7.87. The molecule has 8 nitrogen and oxygen atoms in total. The second kappa shape index (κ2) is 7.55. The van der Waals surface area contributed by atoms with E-state index in [4.69, 9.17) is 5.84 Å². The number of nitrogens with two attached hydrogens (primary N) is 1. The van der Waals surface area contributed by atoms with Crippen LogP contribution in [-0.4, -0.2) is 47.1 Å². The fourth-order valence-corrected chi connectivity index (χ4v) is 2.41. The predicted molar refractivity (Wildman–Crippen MR) is 87.3 cm³/mol. The number of nitrogens with one attached hydrogen (secondary N) is 1. The fourth-order valence-electron chi connectivity index (χ4n) is 2.41. The molecule has 0 aliphatic carbocycles. The third-order valence-corrected chi connectivity index (χ3v) is 3.76. The summed E-state index contributed by atoms with van der Waals surface area (Å²) >= 11 is 0. The van der Waals surface area contributed by atoms with Crippen LogP contribution in [0.3, 0.4) is 0 Å². The highest BCUT2D eigenvalue weighted by molar-refractivity contribution is 5.97. The van der Waals surface area contributed by atoms with Crippen molar-refractivity contribution in [2.45, 2.75) is 52.9 Å². The molecule has 0 aromatic rings. The number of rotatable bonds is 6. The molecule has 0 saturated carbocycles. The molecule has 1 heterocycles. The number of nitro groups is 1. The topological polar surface area (TPSA) is 100 Å². The van der Waals surface area contributed by atoms with E-state index in [9.17, 15) is 10.1 Å². The first-order valence-corrected chi connectivity index (χ1v) is 7.68. The van der Waals surface area contributed by atoms with Crippen LogP contribution in [0.15, 0.2) is 16.4 Å². The lowest BCUT2D eigenvalue weighted by Gasteiger charge is -2.39. The van der Waals surface area contributed by atoms with Gasteiger partial charge in [-0.15, -0.1) is 0 Å². The van der Waals surface area contributed by atoms with E-state index in [2.05, 4.69) is 10.3 Å². The van der Waals surface area contributed by atoms with E-state index < -0.39 is 4.92 Å². The van der Waals surface area contributed by atoms with Crippen LogP contribution in [0.25, 0.3) is 0 Å². The van der Waals surface area contributed by atoms with Crippen molar-refractivity contribution in [1.29, 1.82) is 0 Å². The lowest BCUT2D eigenvalue weighted by Crippen LogP contribution is -2.63. The number of nitrogens with zero attached hydrogens (tertiary/aromatic N) is 4. The highest BCUT2D eigenvalue weighted by atomic mass is 16.6. The van der Waals surface area contributed by atoms with Crippen LogP contribution in [0, 0.1) is 16.0 Å². The molecule has 8 heteroatoms. The van der Waals surface area contributed by atoms with Gasteiger partial charge in [0.15, 0.2) is 6.29 Å². The van der Waals surface area contributed by atoms with Gasteiger partial charge in [-0.1, -0.05) is 27.7 Å². The first-order chi connectivity index (χ1) is 10.2. The van der Waals surface area contributed by atoms with E-state index in [1.54, 1.807) is 0 Å². The lowest BCUT2D eigenvalue weighted by atomic mass is 10.1. The molecule has 1 aliphatic heterocycles. The van der Waals surface area contributed by atoms with Crippen LogP contribution in [0.1, 0.15) is 40.5 Å². The Morgan fingerprint density at radius 2 is 1.95 bits per heavy atom. The summed E-state index contributed by atoms with van der Waals surface area (Å²) in [4.78, 5) is 17.6. The highest BCUT2D eigenvalue weighted by Gasteiger charge is 2.40. The molecule has 0 aromatic carbocycles. The fraction of sp³-hybridized carbons (Fsp3) is 0.786. The van der Waals surface area contributed by atoms with Crippen LogP contribution in [-0.2, 0) is 0 Å².